The third-order valence-corrected chi connectivity index (χ3v) is 4.38. The molecule has 0 unspecified atom stereocenters. The van der Waals surface area contributed by atoms with Crippen LogP contribution in [0.25, 0.3) is 0 Å². The summed E-state index contributed by atoms with van der Waals surface area (Å²) in [6.07, 6.45) is 0. The average molecular weight is 323 g/mol. The van der Waals surface area contributed by atoms with E-state index in [1.54, 1.807) is 0 Å². The Labute approximate surface area is 127 Å². The van der Waals surface area contributed by atoms with Gasteiger partial charge in [0.15, 0.2) is 0 Å². The fraction of sp³-hybridized carbons (Fsp3) is 0. The Kier molecular flexibility index (Phi) is 4.33. The van der Waals surface area contributed by atoms with Gasteiger partial charge in [0.05, 0.1) is 27.2 Å². The van der Waals surface area contributed by atoms with Crippen LogP contribution >= 0.6 is 11.6 Å². The summed E-state index contributed by atoms with van der Waals surface area (Å²) in [5.74, 6) is 5.22. The normalized spacial score (nSPS) is 10.7. The summed E-state index contributed by atoms with van der Waals surface area (Å²) in [6, 6.07) is 12.1. The number of sulfonamides is 1. The smallest absolute Gasteiger partial charge is 0.261 e. The fourth-order valence-corrected chi connectivity index (χ4v) is 2.90. The number of anilines is 2. The number of halogens is 1. The zero-order valence-corrected chi connectivity index (χ0v) is 12.2. The van der Waals surface area contributed by atoms with Crippen molar-refractivity contribution in [2.45, 2.75) is 4.90 Å². The van der Waals surface area contributed by atoms with Crippen LogP contribution in [-0.4, -0.2) is 8.42 Å². The molecule has 0 aromatic heterocycles. The first-order valence-electron chi connectivity index (χ1n) is 5.75. The largest absolute Gasteiger partial charge is 0.324 e. The Bertz CT molecular complexity index is 798. The molecular formula is C13H11ClN4O2S. The highest BCUT2D eigenvalue weighted by molar-refractivity contribution is 7.92. The second-order valence-electron chi connectivity index (χ2n) is 4.08. The van der Waals surface area contributed by atoms with E-state index in [0.29, 0.717) is 11.3 Å². The van der Waals surface area contributed by atoms with Crippen molar-refractivity contribution < 1.29 is 8.42 Å². The molecule has 0 saturated carbocycles. The molecule has 0 amide bonds. The molecule has 2 aromatic carbocycles. The Morgan fingerprint density at radius 3 is 2.38 bits per heavy atom. The lowest BCUT2D eigenvalue weighted by Gasteiger charge is -2.10. The Hall–Kier alpha value is -2.27. The average Bonchev–Trinajstić information content (AvgIpc) is 2.49. The number of nitrogens with zero attached hydrogens (tertiary/aromatic N) is 1. The third kappa shape index (κ3) is 3.44. The number of hydrogen-bond acceptors (Lipinski definition) is 5. The first kappa shape index (κ1) is 15.1. The van der Waals surface area contributed by atoms with E-state index in [0.717, 1.165) is 0 Å². The highest BCUT2D eigenvalue weighted by Gasteiger charge is 2.16. The van der Waals surface area contributed by atoms with Gasteiger partial charge < -0.3 is 5.43 Å². The fourth-order valence-electron chi connectivity index (χ4n) is 1.61. The van der Waals surface area contributed by atoms with Gasteiger partial charge in [-0.1, -0.05) is 11.6 Å². The van der Waals surface area contributed by atoms with E-state index in [1.165, 1.54) is 42.5 Å². The van der Waals surface area contributed by atoms with Gasteiger partial charge in [-0.25, -0.2) is 8.42 Å². The topological polar surface area (TPSA) is 108 Å². The number of rotatable bonds is 4. The van der Waals surface area contributed by atoms with E-state index in [9.17, 15) is 8.42 Å². The SMILES string of the molecule is N#Cc1ccc(Cl)c(NS(=O)(=O)c2ccc(NN)cc2)c1. The lowest BCUT2D eigenvalue weighted by atomic mass is 10.2. The van der Waals surface area contributed by atoms with Crippen LogP contribution in [0.15, 0.2) is 47.4 Å². The number of nitrogen functional groups attached to an aromatic ring is 1. The van der Waals surface area contributed by atoms with Crippen molar-refractivity contribution in [3.63, 3.8) is 0 Å². The molecule has 4 N–H and O–H groups in total. The number of nitriles is 1. The summed E-state index contributed by atoms with van der Waals surface area (Å²) >= 11 is 5.93. The van der Waals surface area contributed by atoms with Gasteiger partial charge in [-0.3, -0.25) is 10.6 Å². The summed E-state index contributed by atoms with van der Waals surface area (Å²) in [7, 11) is -3.80. The maximum absolute atomic E-state index is 12.2. The van der Waals surface area contributed by atoms with Gasteiger partial charge in [0.25, 0.3) is 10.0 Å². The molecule has 0 bridgehead atoms. The number of hydrazine groups is 1. The van der Waals surface area contributed by atoms with E-state index in [1.807, 2.05) is 6.07 Å². The number of benzene rings is 2. The minimum absolute atomic E-state index is 0.0555. The lowest BCUT2D eigenvalue weighted by molar-refractivity contribution is 0.601. The summed E-state index contributed by atoms with van der Waals surface area (Å²) in [5, 5.41) is 9.04. The molecule has 6 nitrogen and oxygen atoms in total. The van der Waals surface area contributed by atoms with Gasteiger partial charge in [-0.2, -0.15) is 5.26 Å². The van der Waals surface area contributed by atoms with Crippen LogP contribution in [0.2, 0.25) is 5.02 Å². The van der Waals surface area contributed by atoms with E-state index < -0.39 is 10.0 Å². The van der Waals surface area contributed by atoms with Gasteiger partial charge in [-0.05, 0) is 42.5 Å². The highest BCUT2D eigenvalue weighted by atomic mass is 35.5. The van der Waals surface area contributed by atoms with Crippen molar-refractivity contribution in [1.29, 1.82) is 5.26 Å². The van der Waals surface area contributed by atoms with Gasteiger partial charge in [0.2, 0.25) is 0 Å². The van der Waals surface area contributed by atoms with Crippen molar-refractivity contribution in [2.24, 2.45) is 5.84 Å². The molecule has 0 saturated heterocycles. The molecule has 0 aliphatic carbocycles. The molecule has 2 rings (SSSR count). The third-order valence-electron chi connectivity index (χ3n) is 2.67. The summed E-state index contributed by atoms with van der Waals surface area (Å²) in [5.41, 5.74) is 3.44. The van der Waals surface area contributed by atoms with Crippen LogP contribution in [0.3, 0.4) is 0 Å². The lowest BCUT2D eigenvalue weighted by Crippen LogP contribution is -2.14. The molecule has 0 aliphatic heterocycles. The Balaban J connectivity index is 2.35. The predicted octanol–water partition coefficient (Wildman–Crippen LogP) is 2.30. The van der Waals surface area contributed by atoms with Gasteiger partial charge in [0.1, 0.15) is 0 Å². The molecule has 0 spiro atoms. The molecule has 0 heterocycles. The second-order valence-corrected chi connectivity index (χ2v) is 6.17. The number of hydrogen-bond donors (Lipinski definition) is 3. The van der Waals surface area contributed by atoms with E-state index in [2.05, 4.69) is 10.1 Å². The molecule has 0 aliphatic rings. The molecule has 108 valence electrons. The van der Waals surface area contributed by atoms with Crippen molar-refractivity contribution in [2.75, 3.05) is 10.1 Å². The zero-order chi connectivity index (χ0) is 15.5. The molecular weight excluding hydrogens is 312 g/mol. The Morgan fingerprint density at radius 1 is 1.14 bits per heavy atom. The molecule has 0 fully saturated rings. The molecule has 2 aromatic rings. The second kappa shape index (κ2) is 6.01. The van der Waals surface area contributed by atoms with Gasteiger partial charge in [-0.15, -0.1) is 0 Å². The zero-order valence-electron chi connectivity index (χ0n) is 10.7. The minimum Gasteiger partial charge on any atom is -0.324 e. The van der Waals surface area contributed by atoms with Crippen LogP contribution in [0, 0.1) is 11.3 Å². The molecule has 8 heteroatoms. The summed E-state index contributed by atoms with van der Waals surface area (Å²) in [6.45, 7) is 0. The van der Waals surface area contributed by atoms with Gasteiger partial charge >= 0.3 is 0 Å². The van der Waals surface area contributed by atoms with Crippen LogP contribution in [-0.2, 0) is 10.0 Å². The van der Waals surface area contributed by atoms with Crippen molar-refractivity contribution in [1.82, 2.24) is 0 Å². The number of nitrogens with one attached hydrogen (secondary N) is 2. The first-order valence-corrected chi connectivity index (χ1v) is 7.61. The van der Waals surface area contributed by atoms with Crippen molar-refractivity contribution >= 4 is 33.0 Å². The van der Waals surface area contributed by atoms with Crippen LogP contribution in [0.5, 0.6) is 0 Å². The molecule has 0 radical (unpaired) electrons. The summed E-state index contributed by atoms with van der Waals surface area (Å²) in [4.78, 5) is 0.0555. The maximum Gasteiger partial charge on any atom is 0.261 e. The standard InChI is InChI=1S/C13H11ClN4O2S/c14-12-6-1-9(8-15)7-13(12)18-21(19,20)11-4-2-10(17-16)3-5-11/h1-7,17-18H,16H2. The molecule has 0 atom stereocenters. The minimum atomic E-state index is -3.80. The Morgan fingerprint density at radius 2 is 1.81 bits per heavy atom. The van der Waals surface area contributed by atoms with Crippen molar-refractivity contribution in [3.8, 4) is 6.07 Å². The number of nitrogens with two attached hydrogens (primary N) is 1. The first-order chi connectivity index (χ1) is 9.96. The summed E-state index contributed by atoms with van der Waals surface area (Å²) < 4.78 is 26.9. The van der Waals surface area contributed by atoms with Crippen molar-refractivity contribution in [3.05, 3.63) is 53.1 Å². The van der Waals surface area contributed by atoms with E-state index in [-0.39, 0.29) is 15.6 Å². The highest BCUT2D eigenvalue weighted by Crippen LogP contribution is 2.26. The van der Waals surface area contributed by atoms with Crippen LogP contribution < -0.4 is 16.0 Å². The van der Waals surface area contributed by atoms with Crippen LogP contribution in [0.4, 0.5) is 11.4 Å². The molecule has 21 heavy (non-hydrogen) atoms. The van der Waals surface area contributed by atoms with Crippen LogP contribution in [0.1, 0.15) is 5.56 Å². The van der Waals surface area contributed by atoms with E-state index >= 15 is 0 Å². The quantitative estimate of drug-likeness (QED) is 0.591. The van der Waals surface area contributed by atoms with E-state index in [4.69, 9.17) is 22.7 Å². The monoisotopic (exact) mass is 322 g/mol. The maximum atomic E-state index is 12.2. The predicted molar refractivity (Wildman–Crippen MR) is 81.2 cm³/mol. The van der Waals surface area contributed by atoms with Gasteiger partial charge in [0, 0.05) is 5.69 Å².